The molecule has 17 heteroatoms. The van der Waals surface area contributed by atoms with Gasteiger partial charge >= 0.3 is 13.8 Å². The Bertz CT molecular complexity index is 1980. The van der Waals surface area contributed by atoms with Gasteiger partial charge in [-0.15, -0.1) is 0 Å². The zero-order valence-electron chi connectivity index (χ0n) is 30.0. The molecule has 2 bridgehead atoms. The summed E-state index contributed by atoms with van der Waals surface area (Å²) in [6, 6.07) is 10.9. The van der Waals surface area contributed by atoms with E-state index >= 15 is 0 Å². The van der Waals surface area contributed by atoms with E-state index in [1.54, 1.807) is 33.8 Å². The second kappa shape index (κ2) is 16.0. The Labute approximate surface area is 321 Å². The molecule has 3 fully saturated rings. The Balaban J connectivity index is 1.34. The van der Waals surface area contributed by atoms with Gasteiger partial charge in [-0.2, -0.15) is 0 Å². The quantitative estimate of drug-likeness (QED) is 0.101. The van der Waals surface area contributed by atoms with Gasteiger partial charge in [0.15, 0.2) is 13.2 Å². The number of halogens is 4. The summed E-state index contributed by atoms with van der Waals surface area (Å²) in [5.74, 6) is -3.01. The lowest BCUT2D eigenvalue weighted by atomic mass is 9.59. The molecule has 0 aliphatic heterocycles. The summed E-state index contributed by atoms with van der Waals surface area (Å²) in [4.78, 5) is 59.5. The molecule has 1 unspecified atom stereocenters. The van der Waals surface area contributed by atoms with Crippen molar-refractivity contribution in [1.29, 1.82) is 0 Å². The molecule has 3 aromatic rings. The summed E-state index contributed by atoms with van der Waals surface area (Å²) < 4.78 is 61.9. The van der Waals surface area contributed by atoms with Crippen molar-refractivity contribution < 1.29 is 56.3 Å². The average Bonchev–Trinajstić information content (AvgIpc) is 3.05. The van der Waals surface area contributed by atoms with E-state index in [0.29, 0.717) is 42.4 Å². The minimum absolute atomic E-state index is 0.0649. The first kappa shape index (κ1) is 41.2. The Morgan fingerprint density at radius 3 is 1.93 bits per heavy atom. The molecule has 3 aliphatic rings. The minimum atomic E-state index is -4.95. The Kier molecular flexibility index (Phi) is 12.2. The van der Waals surface area contributed by atoms with Crippen molar-refractivity contribution in [2.24, 2.45) is 0 Å². The van der Waals surface area contributed by atoms with Crippen LogP contribution in [0, 0.1) is 25.5 Å². The molecule has 6 rings (SSSR count). The van der Waals surface area contributed by atoms with E-state index in [9.17, 15) is 37.5 Å². The molecule has 0 heterocycles. The maximum absolute atomic E-state index is 14.0. The maximum atomic E-state index is 14.0. The van der Waals surface area contributed by atoms with Crippen LogP contribution in [0.15, 0.2) is 48.5 Å². The fourth-order valence-corrected chi connectivity index (χ4v) is 8.14. The standard InChI is InChI=1S/C37H41Cl2F2N2O10P/c1-21-13-22(2)34(29(14-21)53-54(47,48)49)35(3,4)18-33(46)52-30-17-36(42-31(44)19-50-23-5-7-25(38)27(40)15-23)9-11-37(30,12-10-36)43-32(45)20-51-24-6-8-26(39)28(41)16-24/h5-8,13-16,30H,9-12,17-20H2,1-4H3,(H,42,44)(H,43,45)(H2,47,48,49). The number of ether oxygens (including phenoxy) is 3. The maximum Gasteiger partial charge on any atom is 0.524 e. The number of benzene rings is 3. The molecule has 3 aromatic carbocycles. The molecule has 1 atom stereocenters. The zero-order chi connectivity index (χ0) is 39.6. The normalized spacial score (nSPS) is 20.9. The van der Waals surface area contributed by atoms with Crippen LogP contribution >= 0.6 is 31.0 Å². The average molecular weight is 814 g/mol. The van der Waals surface area contributed by atoms with Crippen LogP contribution in [0.4, 0.5) is 8.78 Å². The minimum Gasteiger partial charge on any atom is -0.484 e. The monoisotopic (exact) mass is 812 g/mol. The van der Waals surface area contributed by atoms with Gasteiger partial charge in [-0.1, -0.05) is 43.1 Å². The van der Waals surface area contributed by atoms with E-state index in [2.05, 4.69) is 10.6 Å². The van der Waals surface area contributed by atoms with Gasteiger partial charge in [-0.3, -0.25) is 24.2 Å². The number of rotatable bonds is 14. The molecule has 2 amide bonds. The Morgan fingerprint density at radius 1 is 0.870 bits per heavy atom. The lowest BCUT2D eigenvalue weighted by Gasteiger charge is -2.57. The zero-order valence-corrected chi connectivity index (χ0v) is 32.4. The third-order valence-electron chi connectivity index (χ3n) is 9.80. The first-order chi connectivity index (χ1) is 25.2. The first-order valence-corrected chi connectivity index (χ1v) is 19.3. The van der Waals surface area contributed by atoms with Crippen LogP contribution in [0.5, 0.6) is 17.2 Å². The third-order valence-corrected chi connectivity index (χ3v) is 10.9. The van der Waals surface area contributed by atoms with Crippen LogP contribution < -0.4 is 24.6 Å². The molecular formula is C37H41Cl2F2N2O10P. The van der Waals surface area contributed by atoms with E-state index in [0.717, 1.165) is 12.1 Å². The third kappa shape index (κ3) is 10.0. The van der Waals surface area contributed by atoms with Gasteiger partial charge < -0.3 is 29.4 Å². The summed E-state index contributed by atoms with van der Waals surface area (Å²) >= 11 is 11.5. The van der Waals surface area contributed by atoms with Crippen LogP contribution in [-0.4, -0.2) is 58.0 Å². The van der Waals surface area contributed by atoms with Crippen LogP contribution in [0.1, 0.15) is 69.1 Å². The highest BCUT2D eigenvalue weighted by Crippen LogP contribution is 2.49. The molecule has 0 radical (unpaired) electrons. The first-order valence-electron chi connectivity index (χ1n) is 17.0. The molecule has 4 N–H and O–H groups in total. The smallest absolute Gasteiger partial charge is 0.484 e. The summed E-state index contributed by atoms with van der Waals surface area (Å²) in [5, 5.41) is 5.81. The van der Waals surface area contributed by atoms with E-state index in [1.807, 2.05) is 0 Å². The van der Waals surface area contributed by atoms with Gasteiger partial charge in [-0.05, 0) is 81.0 Å². The van der Waals surface area contributed by atoms with Crippen LogP contribution in [0.3, 0.4) is 0 Å². The number of amides is 2. The molecule has 0 aromatic heterocycles. The Hall–Kier alpha value is -3.94. The van der Waals surface area contributed by atoms with E-state index in [4.69, 9.17) is 41.9 Å². The SMILES string of the molecule is Cc1cc(C)c(C(C)(C)CC(=O)OC2CC3(NC(=O)COc4ccc(Cl)c(F)c4)CCC2(NC(=O)COc2ccc(Cl)c(F)c2)CC3)c(OP(=O)(O)O)c1. The van der Waals surface area contributed by atoms with Crippen molar-refractivity contribution in [3.05, 3.63) is 86.9 Å². The summed E-state index contributed by atoms with van der Waals surface area (Å²) in [6.07, 6.45) is 0.362. The van der Waals surface area contributed by atoms with Crippen molar-refractivity contribution in [2.75, 3.05) is 13.2 Å². The highest BCUT2D eigenvalue weighted by molar-refractivity contribution is 7.46. The van der Waals surface area contributed by atoms with E-state index < -0.39 is 73.1 Å². The topological polar surface area (TPSA) is 170 Å². The number of aryl methyl sites for hydroxylation is 2. The number of hydrogen-bond acceptors (Lipinski definition) is 8. The molecule has 292 valence electrons. The van der Waals surface area contributed by atoms with Crippen molar-refractivity contribution >= 4 is 48.8 Å². The second-order valence-electron chi connectivity index (χ2n) is 14.5. The summed E-state index contributed by atoms with van der Waals surface area (Å²) in [6.45, 7) is 6.01. The second-order valence-corrected chi connectivity index (χ2v) is 16.5. The van der Waals surface area contributed by atoms with Crippen molar-refractivity contribution in [2.45, 2.75) is 88.8 Å². The highest BCUT2D eigenvalue weighted by Gasteiger charge is 2.57. The largest absolute Gasteiger partial charge is 0.524 e. The fraction of sp³-hybridized carbons (Fsp3) is 0.432. The molecule has 54 heavy (non-hydrogen) atoms. The van der Waals surface area contributed by atoms with Gasteiger partial charge in [-0.25, -0.2) is 13.3 Å². The number of phosphoric ester groups is 1. The van der Waals surface area contributed by atoms with Crippen LogP contribution in [-0.2, 0) is 29.1 Å². The predicted octanol–water partition coefficient (Wildman–Crippen LogP) is 6.79. The lowest BCUT2D eigenvalue weighted by Crippen LogP contribution is -2.71. The van der Waals surface area contributed by atoms with Crippen molar-refractivity contribution in [1.82, 2.24) is 10.6 Å². The number of hydrogen-bond donors (Lipinski definition) is 4. The van der Waals surface area contributed by atoms with Gasteiger partial charge in [0, 0.05) is 35.1 Å². The van der Waals surface area contributed by atoms with E-state index in [-0.39, 0.29) is 40.1 Å². The van der Waals surface area contributed by atoms with Crippen LogP contribution in [0.2, 0.25) is 10.0 Å². The van der Waals surface area contributed by atoms with Crippen molar-refractivity contribution in [3.63, 3.8) is 0 Å². The molecule has 12 nitrogen and oxygen atoms in total. The summed E-state index contributed by atoms with van der Waals surface area (Å²) in [7, 11) is -4.95. The molecule has 3 saturated carbocycles. The van der Waals surface area contributed by atoms with E-state index in [1.165, 1.54) is 30.3 Å². The molecule has 3 aliphatic carbocycles. The van der Waals surface area contributed by atoms with Crippen LogP contribution in [0.25, 0.3) is 0 Å². The number of carbonyl (C=O) groups is 3. The number of nitrogens with one attached hydrogen (secondary N) is 2. The van der Waals surface area contributed by atoms with Crippen molar-refractivity contribution in [3.8, 4) is 17.2 Å². The van der Waals surface area contributed by atoms with Gasteiger partial charge in [0.25, 0.3) is 11.8 Å². The predicted molar refractivity (Wildman–Crippen MR) is 195 cm³/mol. The number of fused-ring (bicyclic) bond motifs is 3. The number of carbonyl (C=O) groups excluding carboxylic acids is 3. The summed E-state index contributed by atoms with van der Waals surface area (Å²) in [5.41, 5.74) is -1.20. The number of esters is 1. The van der Waals surface area contributed by atoms with Gasteiger partial charge in [0.05, 0.1) is 22.0 Å². The number of phosphoric acid groups is 1. The molecular weight excluding hydrogens is 772 g/mol. The van der Waals surface area contributed by atoms with Gasteiger partial charge in [0.1, 0.15) is 35.0 Å². The highest BCUT2D eigenvalue weighted by atomic mass is 35.5. The fourth-order valence-electron chi connectivity index (χ4n) is 7.51. The molecule has 0 spiro atoms. The lowest BCUT2D eigenvalue weighted by molar-refractivity contribution is -0.168. The molecule has 0 saturated heterocycles. The van der Waals surface area contributed by atoms with Gasteiger partial charge in [0.2, 0.25) is 0 Å². The Morgan fingerprint density at radius 2 is 1.41 bits per heavy atom.